The van der Waals surface area contributed by atoms with Crippen molar-refractivity contribution in [1.82, 2.24) is 0 Å². The molecule has 0 radical (unpaired) electrons. The van der Waals surface area contributed by atoms with Gasteiger partial charge in [0.15, 0.2) is 15.1 Å². The summed E-state index contributed by atoms with van der Waals surface area (Å²) in [5, 5.41) is -1.08. The molecule has 0 saturated heterocycles. The molecule has 1 aromatic carbocycles. The largest absolute Gasteiger partial charge is 0.465 e. The summed E-state index contributed by atoms with van der Waals surface area (Å²) in [6.45, 7) is 5.43. The third kappa shape index (κ3) is 4.35. The lowest BCUT2D eigenvalue weighted by atomic mass is 10.2. The molecule has 0 aliphatic rings. The first-order chi connectivity index (χ1) is 8.90. The summed E-state index contributed by atoms with van der Waals surface area (Å²) in [6.07, 6.45) is 0.229. The lowest BCUT2D eigenvalue weighted by Crippen LogP contribution is -2.32. The predicted octanol–water partition coefficient (Wildman–Crippen LogP) is 2.25. The van der Waals surface area contributed by atoms with Crippen molar-refractivity contribution in [3.63, 3.8) is 0 Å². The smallest absolute Gasteiger partial charge is 0.324 e. The second-order valence-electron chi connectivity index (χ2n) is 4.45. The molecule has 0 aliphatic heterocycles. The van der Waals surface area contributed by atoms with Crippen LogP contribution in [0.1, 0.15) is 31.4 Å². The zero-order chi connectivity index (χ0) is 14.5. The Morgan fingerprint density at radius 3 is 2.53 bits per heavy atom. The number of hydrogen-bond donors (Lipinski definition) is 0. The number of carbonyl (C=O) groups excluding carboxylic acids is 1. The van der Waals surface area contributed by atoms with Crippen LogP contribution < -0.4 is 0 Å². The normalized spacial score (nSPS) is 13.0. The van der Waals surface area contributed by atoms with E-state index in [-0.39, 0.29) is 18.8 Å². The maximum absolute atomic E-state index is 12.3. The Balaban J connectivity index is 2.93. The number of sulfone groups is 1. The summed E-state index contributed by atoms with van der Waals surface area (Å²) >= 11 is 0. The molecule has 19 heavy (non-hydrogen) atoms. The molecule has 4 nitrogen and oxygen atoms in total. The van der Waals surface area contributed by atoms with Gasteiger partial charge in [0.25, 0.3) is 0 Å². The van der Waals surface area contributed by atoms with Gasteiger partial charge in [0.05, 0.1) is 12.4 Å². The van der Waals surface area contributed by atoms with E-state index in [0.29, 0.717) is 5.56 Å². The molecular weight excluding hydrogens is 264 g/mol. The Bertz CT molecular complexity index is 534. The van der Waals surface area contributed by atoms with Gasteiger partial charge in [0.1, 0.15) is 0 Å². The van der Waals surface area contributed by atoms with Crippen LogP contribution in [0.5, 0.6) is 0 Å². The van der Waals surface area contributed by atoms with Crippen LogP contribution in [0.15, 0.2) is 24.3 Å². The number of aryl methyl sites for hydroxylation is 1. The number of esters is 1. The lowest BCUT2D eigenvalue weighted by Gasteiger charge is -2.14. The van der Waals surface area contributed by atoms with Crippen molar-refractivity contribution >= 4 is 15.8 Å². The minimum Gasteiger partial charge on any atom is -0.465 e. The molecule has 1 atom stereocenters. The van der Waals surface area contributed by atoms with E-state index < -0.39 is 21.1 Å². The van der Waals surface area contributed by atoms with Gasteiger partial charge in [-0.2, -0.15) is 0 Å². The molecule has 5 heteroatoms. The van der Waals surface area contributed by atoms with E-state index in [0.717, 1.165) is 5.56 Å². The van der Waals surface area contributed by atoms with Gasteiger partial charge in [-0.25, -0.2) is 8.42 Å². The van der Waals surface area contributed by atoms with E-state index >= 15 is 0 Å². The molecule has 0 N–H and O–H groups in total. The molecular formula is C14H20O4S. The number of ether oxygens (including phenoxy) is 1. The first-order valence-electron chi connectivity index (χ1n) is 6.34. The summed E-state index contributed by atoms with van der Waals surface area (Å²) in [5.41, 5.74) is 1.69. The standard InChI is InChI=1S/C14H20O4S/c1-4-13(14(15)18-5-2)19(16,17)10-12-8-6-7-11(3)9-12/h6-9,13H,4-5,10H2,1-3H3. The van der Waals surface area contributed by atoms with Gasteiger partial charge >= 0.3 is 5.97 Å². The number of rotatable bonds is 6. The van der Waals surface area contributed by atoms with Gasteiger partial charge in [-0.1, -0.05) is 36.8 Å². The summed E-state index contributed by atoms with van der Waals surface area (Å²) in [6, 6.07) is 7.28. The highest BCUT2D eigenvalue weighted by molar-refractivity contribution is 7.92. The predicted molar refractivity (Wildman–Crippen MR) is 74.5 cm³/mol. The molecule has 106 valence electrons. The zero-order valence-electron chi connectivity index (χ0n) is 11.5. The van der Waals surface area contributed by atoms with Gasteiger partial charge in [-0.3, -0.25) is 4.79 Å². The fourth-order valence-electron chi connectivity index (χ4n) is 1.94. The Morgan fingerprint density at radius 1 is 1.32 bits per heavy atom. The van der Waals surface area contributed by atoms with Crippen LogP contribution in [-0.4, -0.2) is 26.2 Å². The van der Waals surface area contributed by atoms with Crippen LogP contribution in [-0.2, 0) is 25.1 Å². The molecule has 1 aromatic rings. The topological polar surface area (TPSA) is 60.4 Å². The zero-order valence-corrected chi connectivity index (χ0v) is 12.4. The fourth-order valence-corrected chi connectivity index (χ4v) is 3.65. The van der Waals surface area contributed by atoms with Crippen molar-refractivity contribution in [3.05, 3.63) is 35.4 Å². The average Bonchev–Trinajstić information content (AvgIpc) is 2.28. The second-order valence-corrected chi connectivity index (χ2v) is 6.63. The Hall–Kier alpha value is -1.36. The molecule has 0 bridgehead atoms. The van der Waals surface area contributed by atoms with E-state index in [1.807, 2.05) is 25.1 Å². The molecule has 0 heterocycles. The number of carbonyl (C=O) groups is 1. The van der Waals surface area contributed by atoms with E-state index in [2.05, 4.69) is 0 Å². The highest BCUT2D eigenvalue weighted by Gasteiger charge is 2.32. The Kier molecular flexibility index (Phi) is 5.54. The summed E-state index contributed by atoms with van der Waals surface area (Å²) in [4.78, 5) is 11.7. The van der Waals surface area contributed by atoms with E-state index in [9.17, 15) is 13.2 Å². The molecule has 0 saturated carbocycles. The van der Waals surface area contributed by atoms with Gasteiger partial charge in [-0.15, -0.1) is 0 Å². The molecule has 1 rings (SSSR count). The highest BCUT2D eigenvalue weighted by atomic mass is 32.2. The van der Waals surface area contributed by atoms with Crippen LogP contribution in [0.3, 0.4) is 0 Å². The van der Waals surface area contributed by atoms with Gasteiger partial charge < -0.3 is 4.74 Å². The lowest BCUT2D eigenvalue weighted by molar-refractivity contribution is -0.142. The van der Waals surface area contributed by atoms with Gasteiger partial charge in [-0.05, 0) is 25.8 Å². The van der Waals surface area contributed by atoms with Gasteiger partial charge in [0, 0.05) is 0 Å². The van der Waals surface area contributed by atoms with Crippen molar-refractivity contribution in [2.45, 2.75) is 38.2 Å². The molecule has 0 spiro atoms. The third-order valence-electron chi connectivity index (χ3n) is 2.80. The van der Waals surface area contributed by atoms with E-state index in [1.54, 1.807) is 19.9 Å². The van der Waals surface area contributed by atoms with E-state index in [4.69, 9.17) is 4.74 Å². The quantitative estimate of drug-likeness (QED) is 0.752. The van der Waals surface area contributed by atoms with Crippen molar-refractivity contribution < 1.29 is 17.9 Å². The monoisotopic (exact) mass is 284 g/mol. The average molecular weight is 284 g/mol. The minimum atomic E-state index is -3.54. The first-order valence-corrected chi connectivity index (χ1v) is 8.06. The molecule has 0 amide bonds. The molecule has 0 aliphatic carbocycles. The third-order valence-corrected chi connectivity index (χ3v) is 4.93. The summed E-state index contributed by atoms with van der Waals surface area (Å²) in [5.74, 6) is -0.788. The molecule has 1 unspecified atom stereocenters. The SMILES string of the molecule is CCOC(=O)C(CC)S(=O)(=O)Cc1cccc(C)c1. The molecule has 0 aromatic heterocycles. The Morgan fingerprint density at radius 2 is 2.00 bits per heavy atom. The molecule has 0 fully saturated rings. The highest BCUT2D eigenvalue weighted by Crippen LogP contribution is 2.16. The van der Waals surface area contributed by atoms with Crippen LogP contribution >= 0.6 is 0 Å². The van der Waals surface area contributed by atoms with Crippen molar-refractivity contribution in [1.29, 1.82) is 0 Å². The number of benzene rings is 1. The number of hydrogen-bond acceptors (Lipinski definition) is 4. The van der Waals surface area contributed by atoms with Crippen LogP contribution in [0.2, 0.25) is 0 Å². The summed E-state index contributed by atoms with van der Waals surface area (Å²) in [7, 11) is -3.54. The second kappa shape index (κ2) is 6.70. The fraction of sp³-hybridized carbons (Fsp3) is 0.500. The maximum Gasteiger partial charge on any atom is 0.324 e. The van der Waals surface area contributed by atoms with Crippen molar-refractivity contribution in [3.8, 4) is 0 Å². The van der Waals surface area contributed by atoms with Crippen LogP contribution in [0.25, 0.3) is 0 Å². The summed E-state index contributed by atoms with van der Waals surface area (Å²) < 4.78 is 29.3. The van der Waals surface area contributed by atoms with E-state index in [1.165, 1.54) is 0 Å². The van der Waals surface area contributed by atoms with Crippen molar-refractivity contribution in [2.24, 2.45) is 0 Å². The first kappa shape index (κ1) is 15.7. The maximum atomic E-state index is 12.3. The minimum absolute atomic E-state index is 0.133. The van der Waals surface area contributed by atoms with Crippen molar-refractivity contribution in [2.75, 3.05) is 6.61 Å². The van der Waals surface area contributed by atoms with Crippen LogP contribution in [0, 0.1) is 6.92 Å². The van der Waals surface area contributed by atoms with Gasteiger partial charge in [0.2, 0.25) is 0 Å². The van der Waals surface area contributed by atoms with Crippen LogP contribution in [0.4, 0.5) is 0 Å². The Labute approximate surface area is 114 Å².